The summed E-state index contributed by atoms with van der Waals surface area (Å²) in [6, 6.07) is 4.87. The van der Waals surface area contributed by atoms with E-state index < -0.39 is 18.2 Å². The fraction of sp³-hybridized carbons (Fsp3) is 0.214. The lowest BCUT2D eigenvalue weighted by Crippen LogP contribution is -2.19. The third-order valence-electron chi connectivity index (χ3n) is 2.97. The third kappa shape index (κ3) is 4.48. The lowest BCUT2D eigenvalue weighted by molar-refractivity contribution is -0.274. The van der Waals surface area contributed by atoms with Crippen molar-refractivity contribution in [1.82, 2.24) is 10.2 Å². The summed E-state index contributed by atoms with van der Waals surface area (Å²) in [5.41, 5.74) is 6.13. The molecule has 2 amide bonds. The van der Waals surface area contributed by atoms with E-state index in [1.54, 1.807) is 6.92 Å². The number of nitrogens with zero attached hydrogens (tertiary/aromatic N) is 1. The molecule has 0 spiro atoms. The number of nitrogens with two attached hydrogens (primary N) is 1. The zero-order chi connectivity index (χ0) is 17.9. The molecule has 0 aliphatic rings. The van der Waals surface area contributed by atoms with Crippen LogP contribution in [0.2, 0.25) is 0 Å². The van der Waals surface area contributed by atoms with E-state index in [9.17, 15) is 22.8 Å². The normalized spacial score (nSPS) is 11.2. The number of carbonyl (C=O) groups is 2. The Kier molecular flexibility index (Phi) is 4.77. The van der Waals surface area contributed by atoms with Crippen molar-refractivity contribution in [2.75, 3.05) is 5.32 Å². The fourth-order valence-corrected chi connectivity index (χ4v) is 1.94. The number of aromatic amines is 1. The number of H-pyrrole nitrogens is 1. The molecule has 0 unspecified atom stereocenters. The van der Waals surface area contributed by atoms with E-state index >= 15 is 0 Å². The maximum Gasteiger partial charge on any atom is 0.573 e. The van der Waals surface area contributed by atoms with Crippen LogP contribution in [-0.4, -0.2) is 28.4 Å². The number of nitrogens with one attached hydrogen (secondary N) is 2. The molecule has 0 aliphatic heterocycles. The van der Waals surface area contributed by atoms with Crippen molar-refractivity contribution < 1.29 is 27.5 Å². The van der Waals surface area contributed by atoms with Crippen molar-refractivity contribution in [3.63, 3.8) is 0 Å². The molecule has 0 atom stereocenters. The van der Waals surface area contributed by atoms with Gasteiger partial charge in [0.15, 0.2) is 5.69 Å². The first-order valence-electron chi connectivity index (χ1n) is 6.65. The molecule has 0 bridgehead atoms. The molecular weight excluding hydrogens is 329 g/mol. The number of halogens is 3. The van der Waals surface area contributed by atoms with Crippen molar-refractivity contribution >= 4 is 17.5 Å². The van der Waals surface area contributed by atoms with Crippen LogP contribution < -0.4 is 15.8 Å². The fourth-order valence-electron chi connectivity index (χ4n) is 1.94. The summed E-state index contributed by atoms with van der Waals surface area (Å²) in [5, 5.41) is 8.71. The molecule has 0 aliphatic carbocycles. The quantitative estimate of drug-likeness (QED) is 0.771. The topological polar surface area (TPSA) is 110 Å². The SMILES string of the molecule is Cc1[nH]nc(C(N)=O)c1NC(=O)Cc1ccc(OC(F)(F)F)cc1. The van der Waals surface area contributed by atoms with Crippen LogP contribution >= 0.6 is 0 Å². The molecule has 0 fully saturated rings. The average molecular weight is 342 g/mol. The summed E-state index contributed by atoms with van der Waals surface area (Å²) in [7, 11) is 0. The van der Waals surface area contributed by atoms with E-state index in [4.69, 9.17) is 5.73 Å². The summed E-state index contributed by atoms with van der Waals surface area (Å²) < 4.78 is 40.0. The largest absolute Gasteiger partial charge is 0.573 e. The van der Waals surface area contributed by atoms with Crippen molar-refractivity contribution in [2.45, 2.75) is 19.7 Å². The molecule has 1 aromatic carbocycles. The molecule has 128 valence electrons. The molecule has 24 heavy (non-hydrogen) atoms. The molecular formula is C14H13F3N4O3. The van der Waals surface area contributed by atoms with Gasteiger partial charge in [-0.05, 0) is 24.6 Å². The second-order valence-electron chi connectivity index (χ2n) is 4.85. The first-order valence-corrected chi connectivity index (χ1v) is 6.65. The van der Waals surface area contributed by atoms with Crippen LogP contribution in [0.3, 0.4) is 0 Å². The lowest BCUT2D eigenvalue weighted by atomic mass is 10.1. The van der Waals surface area contributed by atoms with Crippen LogP contribution in [0.25, 0.3) is 0 Å². The second-order valence-corrected chi connectivity index (χ2v) is 4.85. The van der Waals surface area contributed by atoms with Crippen LogP contribution in [0.1, 0.15) is 21.7 Å². The summed E-state index contributed by atoms with van der Waals surface area (Å²) in [6.45, 7) is 1.60. The molecule has 0 radical (unpaired) electrons. The zero-order valence-electron chi connectivity index (χ0n) is 12.4. The number of hydrogen-bond acceptors (Lipinski definition) is 4. The Hall–Kier alpha value is -3.04. The Morgan fingerprint density at radius 2 is 1.92 bits per heavy atom. The standard InChI is InChI=1S/C14H13F3N4O3/c1-7-11(12(13(18)23)21-20-7)19-10(22)6-8-2-4-9(5-3-8)24-14(15,16)17/h2-5H,6H2,1H3,(H2,18,23)(H,19,22)(H,20,21). The van der Waals surface area contributed by atoms with Crippen LogP contribution in [0.15, 0.2) is 24.3 Å². The summed E-state index contributed by atoms with van der Waals surface area (Å²) in [4.78, 5) is 23.2. The maximum atomic E-state index is 12.1. The van der Waals surface area contributed by atoms with Crippen LogP contribution in [-0.2, 0) is 11.2 Å². The number of rotatable bonds is 5. The van der Waals surface area contributed by atoms with E-state index in [1.807, 2.05) is 0 Å². The number of benzene rings is 1. The molecule has 0 saturated carbocycles. The molecule has 1 heterocycles. The van der Waals surface area contributed by atoms with Crippen LogP contribution in [0.5, 0.6) is 5.75 Å². The van der Waals surface area contributed by atoms with E-state index in [0.29, 0.717) is 11.3 Å². The highest BCUT2D eigenvalue weighted by Crippen LogP contribution is 2.23. The highest BCUT2D eigenvalue weighted by molar-refractivity contribution is 6.02. The van der Waals surface area contributed by atoms with Gasteiger partial charge in [-0.25, -0.2) is 0 Å². The van der Waals surface area contributed by atoms with Gasteiger partial charge in [-0.15, -0.1) is 13.2 Å². The number of alkyl halides is 3. The van der Waals surface area contributed by atoms with Crippen molar-refractivity contribution in [3.8, 4) is 5.75 Å². The van der Waals surface area contributed by atoms with Gasteiger partial charge in [0.25, 0.3) is 5.91 Å². The second kappa shape index (κ2) is 6.60. The number of anilines is 1. The highest BCUT2D eigenvalue weighted by atomic mass is 19.4. The number of carbonyl (C=O) groups excluding carboxylic acids is 2. The van der Waals surface area contributed by atoms with Gasteiger partial charge in [0.2, 0.25) is 5.91 Å². The van der Waals surface area contributed by atoms with E-state index in [1.165, 1.54) is 12.1 Å². The molecule has 0 saturated heterocycles. The summed E-state index contributed by atoms with van der Waals surface area (Å²) in [5.74, 6) is -1.66. The first-order chi connectivity index (χ1) is 11.2. The number of aromatic nitrogens is 2. The first kappa shape index (κ1) is 17.3. The maximum absolute atomic E-state index is 12.1. The lowest BCUT2D eigenvalue weighted by Gasteiger charge is -2.09. The molecule has 10 heteroatoms. The predicted molar refractivity (Wildman–Crippen MR) is 77.3 cm³/mol. The Bertz CT molecular complexity index is 754. The Morgan fingerprint density at radius 3 is 2.46 bits per heavy atom. The van der Waals surface area contributed by atoms with Gasteiger partial charge in [-0.1, -0.05) is 12.1 Å². The minimum Gasteiger partial charge on any atom is -0.406 e. The van der Waals surface area contributed by atoms with Crippen molar-refractivity contribution in [1.29, 1.82) is 0 Å². The van der Waals surface area contributed by atoms with Gasteiger partial charge in [0.1, 0.15) is 5.75 Å². The Morgan fingerprint density at radius 1 is 1.29 bits per heavy atom. The highest BCUT2D eigenvalue weighted by Gasteiger charge is 2.31. The number of aryl methyl sites for hydroxylation is 1. The Balaban J connectivity index is 2.03. The van der Waals surface area contributed by atoms with E-state index in [2.05, 4.69) is 20.3 Å². The van der Waals surface area contributed by atoms with E-state index in [-0.39, 0.29) is 23.6 Å². The molecule has 1 aromatic heterocycles. The minimum atomic E-state index is -4.77. The number of hydrogen-bond donors (Lipinski definition) is 3. The number of primary amides is 1. The molecule has 2 rings (SSSR count). The smallest absolute Gasteiger partial charge is 0.406 e. The van der Waals surface area contributed by atoms with Crippen molar-refractivity contribution in [3.05, 3.63) is 41.2 Å². The Labute approximate surface area is 134 Å². The van der Waals surface area contributed by atoms with Gasteiger partial charge >= 0.3 is 6.36 Å². The van der Waals surface area contributed by atoms with Gasteiger partial charge < -0.3 is 15.8 Å². The van der Waals surface area contributed by atoms with Crippen LogP contribution in [0, 0.1) is 6.92 Å². The van der Waals surface area contributed by atoms with Gasteiger partial charge in [-0.3, -0.25) is 14.7 Å². The number of amides is 2. The van der Waals surface area contributed by atoms with Gasteiger partial charge in [0.05, 0.1) is 17.8 Å². The third-order valence-corrected chi connectivity index (χ3v) is 2.97. The summed E-state index contributed by atoms with van der Waals surface area (Å²) >= 11 is 0. The van der Waals surface area contributed by atoms with Gasteiger partial charge in [0, 0.05) is 0 Å². The number of ether oxygens (including phenoxy) is 1. The van der Waals surface area contributed by atoms with E-state index in [0.717, 1.165) is 12.1 Å². The molecule has 4 N–H and O–H groups in total. The predicted octanol–water partition coefficient (Wildman–Crippen LogP) is 1.90. The average Bonchev–Trinajstić information content (AvgIpc) is 2.81. The zero-order valence-corrected chi connectivity index (χ0v) is 12.4. The van der Waals surface area contributed by atoms with Gasteiger partial charge in [-0.2, -0.15) is 5.10 Å². The molecule has 7 nitrogen and oxygen atoms in total. The summed E-state index contributed by atoms with van der Waals surface area (Å²) in [6.07, 6.45) is -4.89. The van der Waals surface area contributed by atoms with Crippen LogP contribution in [0.4, 0.5) is 18.9 Å². The molecule has 2 aromatic rings. The monoisotopic (exact) mass is 342 g/mol. The minimum absolute atomic E-state index is 0.102. The van der Waals surface area contributed by atoms with Crippen molar-refractivity contribution in [2.24, 2.45) is 5.73 Å².